The molecule has 0 radical (unpaired) electrons. The van der Waals surface area contributed by atoms with Crippen LogP contribution in [0.2, 0.25) is 0 Å². The number of pyridine rings is 1. The number of aromatic nitrogens is 3. The lowest BCUT2D eigenvalue weighted by molar-refractivity contribution is 0.687. The van der Waals surface area contributed by atoms with E-state index in [1.54, 1.807) is 0 Å². The standard InChI is InChI=1S/C11H14N4/c1-8-3-10(5-13-4-8)7-15-6-9(2)11(12)14-15/h3-6H,7H2,1-2H3,(H2,12,14). The Balaban J connectivity index is 2.22. The number of nitrogens with zero attached hydrogens (tertiary/aromatic N) is 3. The van der Waals surface area contributed by atoms with Gasteiger partial charge in [0.05, 0.1) is 6.54 Å². The smallest absolute Gasteiger partial charge is 0.148 e. The number of anilines is 1. The third-order valence-corrected chi connectivity index (χ3v) is 2.26. The summed E-state index contributed by atoms with van der Waals surface area (Å²) >= 11 is 0. The monoisotopic (exact) mass is 202 g/mol. The van der Waals surface area contributed by atoms with Gasteiger partial charge in [-0.25, -0.2) is 0 Å². The molecular weight excluding hydrogens is 188 g/mol. The molecule has 0 aliphatic rings. The molecule has 78 valence electrons. The van der Waals surface area contributed by atoms with Gasteiger partial charge in [-0.15, -0.1) is 0 Å². The number of nitrogens with two attached hydrogens (primary N) is 1. The van der Waals surface area contributed by atoms with E-state index < -0.39 is 0 Å². The summed E-state index contributed by atoms with van der Waals surface area (Å²) in [5.41, 5.74) is 8.98. The summed E-state index contributed by atoms with van der Waals surface area (Å²) < 4.78 is 1.83. The minimum atomic E-state index is 0.593. The van der Waals surface area contributed by atoms with Crippen molar-refractivity contribution in [2.24, 2.45) is 0 Å². The molecule has 15 heavy (non-hydrogen) atoms. The van der Waals surface area contributed by atoms with Crippen LogP contribution in [-0.2, 0) is 6.54 Å². The van der Waals surface area contributed by atoms with Crippen molar-refractivity contribution in [2.75, 3.05) is 5.73 Å². The van der Waals surface area contributed by atoms with E-state index in [0.717, 1.165) is 16.7 Å². The second kappa shape index (κ2) is 3.73. The van der Waals surface area contributed by atoms with Gasteiger partial charge in [0.25, 0.3) is 0 Å². The second-order valence-electron chi connectivity index (χ2n) is 3.77. The fourth-order valence-electron chi connectivity index (χ4n) is 1.51. The van der Waals surface area contributed by atoms with Crippen LogP contribution in [0, 0.1) is 13.8 Å². The molecule has 4 heteroatoms. The van der Waals surface area contributed by atoms with Gasteiger partial charge in [0.1, 0.15) is 5.82 Å². The Bertz CT molecular complexity index is 454. The van der Waals surface area contributed by atoms with Crippen LogP contribution in [0.25, 0.3) is 0 Å². The van der Waals surface area contributed by atoms with Gasteiger partial charge in [0, 0.05) is 24.2 Å². The summed E-state index contributed by atoms with van der Waals surface area (Å²) in [6.07, 6.45) is 5.63. The van der Waals surface area contributed by atoms with Gasteiger partial charge < -0.3 is 5.73 Å². The summed E-state index contributed by atoms with van der Waals surface area (Å²) in [5, 5.41) is 4.20. The van der Waals surface area contributed by atoms with Crippen LogP contribution in [0.1, 0.15) is 16.7 Å². The molecular formula is C11H14N4. The van der Waals surface area contributed by atoms with E-state index in [1.807, 2.05) is 37.1 Å². The molecule has 0 atom stereocenters. The van der Waals surface area contributed by atoms with Gasteiger partial charge in [-0.3, -0.25) is 9.67 Å². The van der Waals surface area contributed by atoms with E-state index in [0.29, 0.717) is 12.4 Å². The van der Waals surface area contributed by atoms with Crippen LogP contribution in [0.15, 0.2) is 24.7 Å². The summed E-state index contributed by atoms with van der Waals surface area (Å²) in [7, 11) is 0. The van der Waals surface area contributed by atoms with E-state index >= 15 is 0 Å². The highest BCUT2D eigenvalue weighted by Gasteiger charge is 2.01. The Hall–Kier alpha value is -1.84. The van der Waals surface area contributed by atoms with E-state index in [1.165, 1.54) is 0 Å². The van der Waals surface area contributed by atoms with Gasteiger partial charge in [-0.1, -0.05) is 6.07 Å². The van der Waals surface area contributed by atoms with Crippen molar-refractivity contribution >= 4 is 5.82 Å². The molecule has 4 nitrogen and oxygen atoms in total. The lowest BCUT2D eigenvalue weighted by Gasteiger charge is -2.01. The summed E-state index contributed by atoms with van der Waals surface area (Å²) in [5.74, 6) is 0.593. The molecule has 0 saturated carbocycles. The molecule has 0 aromatic carbocycles. The topological polar surface area (TPSA) is 56.7 Å². The molecule has 0 aliphatic carbocycles. The Morgan fingerprint density at radius 2 is 2.13 bits per heavy atom. The Morgan fingerprint density at radius 1 is 1.33 bits per heavy atom. The van der Waals surface area contributed by atoms with Crippen LogP contribution in [0.4, 0.5) is 5.82 Å². The maximum atomic E-state index is 5.68. The molecule has 0 aliphatic heterocycles. The van der Waals surface area contributed by atoms with Crippen LogP contribution in [0.5, 0.6) is 0 Å². The maximum absolute atomic E-state index is 5.68. The summed E-state index contributed by atoms with van der Waals surface area (Å²) in [6, 6.07) is 2.10. The highest BCUT2D eigenvalue weighted by Crippen LogP contribution is 2.09. The average molecular weight is 202 g/mol. The van der Waals surface area contributed by atoms with Gasteiger partial charge >= 0.3 is 0 Å². The van der Waals surface area contributed by atoms with Crippen molar-refractivity contribution < 1.29 is 0 Å². The third kappa shape index (κ3) is 2.15. The van der Waals surface area contributed by atoms with E-state index in [4.69, 9.17) is 5.73 Å². The number of hydrogen-bond donors (Lipinski definition) is 1. The van der Waals surface area contributed by atoms with E-state index in [2.05, 4.69) is 16.1 Å². The highest BCUT2D eigenvalue weighted by molar-refractivity contribution is 5.35. The molecule has 2 heterocycles. The summed E-state index contributed by atoms with van der Waals surface area (Å²) in [4.78, 5) is 4.14. The number of rotatable bonds is 2. The van der Waals surface area contributed by atoms with Crippen molar-refractivity contribution in [1.82, 2.24) is 14.8 Å². The van der Waals surface area contributed by atoms with Gasteiger partial charge in [-0.05, 0) is 25.0 Å². The molecule has 2 rings (SSSR count). The Morgan fingerprint density at radius 3 is 2.73 bits per heavy atom. The van der Waals surface area contributed by atoms with Crippen LogP contribution in [-0.4, -0.2) is 14.8 Å². The van der Waals surface area contributed by atoms with Gasteiger partial charge in [0.15, 0.2) is 0 Å². The zero-order chi connectivity index (χ0) is 10.8. The Kier molecular flexibility index (Phi) is 2.41. The first-order chi connectivity index (χ1) is 7.15. The lowest BCUT2D eigenvalue weighted by Crippen LogP contribution is -2.01. The van der Waals surface area contributed by atoms with Gasteiger partial charge in [0.2, 0.25) is 0 Å². The quantitative estimate of drug-likeness (QED) is 0.803. The molecule has 0 bridgehead atoms. The van der Waals surface area contributed by atoms with Crippen molar-refractivity contribution in [2.45, 2.75) is 20.4 Å². The van der Waals surface area contributed by atoms with Crippen LogP contribution < -0.4 is 5.73 Å². The first-order valence-electron chi connectivity index (χ1n) is 4.85. The van der Waals surface area contributed by atoms with Crippen molar-refractivity contribution in [1.29, 1.82) is 0 Å². The lowest BCUT2D eigenvalue weighted by atomic mass is 10.2. The first-order valence-corrected chi connectivity index (χ1v) is 4.85. The minimum Gasteiger partial charge on any atom is -0.382 e. The third-order valence-electron chi connectivity index (χ3n) is 2.26. The zero-order valence-corrected chi connectivity index (χ0v) is 8.94. The first kappa shape index (κ1) is 9.71. The van der Waals surface area contributed by atoms with Crippen LogP contribution >= 0.6 is 0 Å². The summed E-state index contributed by atoms with van der Waals surface area (Å²) in [6.45, 7) is 4.69. The predicted octanol–water partition coefficient (Wildman–Crippen LogP) is 1.53. The van der Waals surface area contributed by atoms with Crippen molar-refractivity contribution in [3.63, 3.8) is 0 Å². The molecule has 2 aromatic heterocycles. The average Bonchev–Trinajstić information content (AvgIpc) is 2.45. The molecule has 0 spiro atoms. The molecule has 2 aromatic rings. The van der Waals surface area contributed by atoms with Gasteiger partial charge in [-0.2, -0.15) is 5.10 Å². The fourth-order valence-corrected chi connectivity index (χ4v) is 1.51. The van der Waals surface area contributed by atoms with E-state index in [-0.39, 0.29) is 0 Å². The van der Waals surface area contributed by atoms with Crippen molar-refractivity contribution in [3.8, 4) is 0 Å². The maximum Gasteiger partial charge on any atom is 0.148 e. The SMILES string of the molecule is Cc1cncc(Cn2cc(C)c(N)n2)c1. The molecule has 0 fully saturated rings. The fraction of sp³-hybridized carbons (Fsp3) is 0.273. The highest BCUT2D eigenvalue weighted by atomic mass is 15.3. The number of hydrogen-bond acceptors (Lipinski definition) is 3. The Labute approximate surface area is 88.8 Å². The van der Waals surface area contributed by atoms with Crippen LogP contribution in [0.3, 0.4) is 0 Å². The zero-order valence-electron chi connectivity index (χ0n) is 8.94. The van der Waals surface area contributed by atoms with Crippen molar-refractivity contribution in [3.05, 3.63) is 41.3 Å². The predicted molar refractivity (Wildman–Crippen MR) is 59.5 cm³/mol. The number of nitrogen functional groups attached to an aromatic ring is 1. The largest absolute Gasteiger partial charge is 0.382 e. The molecule has 2 N–H and O–H groups in total. The number of aryl methyl sites for hydroxylation is 2. The minimum absolute atomic E-state index is 0.593. The second-order valence-corrected chi connectivity index (χ2v) is 3.77. The normalized spacial score (nSPS) is 10.5. The molecule has 0 saturated heterocycles. The van der Waals surface area contributed by atoms with E-state index in [9.17, 15) is 0 Å². The molecule has 0 amide bonds. The molecule has 0 unspecified atom stereocenters.